The van der Waals surface area contributed by atoms with Crippen LogP contribution in [0.1, 0.15) is 0 Å². The van der Waals surface area contributed by atoms with E-state index in [4.69, 9.17) is 30.6 Å². The Kier molecular flexibility index (Phi) is 23.1. The summed E-state index contributed by atoms with van der Waals surface area (Å²) in [6.07, 6.45) is 0. The van der Waals surface area contributed by atoms with Gasteiger partial charge in [0.15, 0.2) is 0 Å². The van der Waals surface area contributed by atoms with Gasteiger partial charge in [-0.15, -0.1) is 40.5 Å². The van der Waals surface area contributed by atoms with Crippen LogP contribution in [0.4, 0.5) is 0 Å². The Morgan fingerprint density at radius 2 is 0.556 bits per heavy atom. The third kappa shape index (κ3) is 39.6. The summed E-state index contributed by atoms with van der Waals surface area (Å²) in [6.45, 7) is -0.557. The van der Waals surface area contributed by atoms with Crippen molar-refractivity contribution in [2.75, 3.05) is 65.7 Å². The van der Waals surface area contributed by atoms with Gasteiger partial charge in [-0.2, -0.15) is 0 Å². The number of nitrogens with zero attached hydrogens (tertiary/aromatic N) is 8. The second kappa shape index (κ2) is 23.3. The monoisotopic (exact) mass is 540 g/mol. The SMILES string of the molecule is O=[N+]([O-])OCCN(CCO[N+](=O)[O-])CCN(CCO[N+](=O)[O-])CCO[N+](=O)[O-].O=[N+]([O-])[O-].O=[N+]([O-])[O-]. The van der Waals surface area contributed by atoms with E-state index in [9.17, 15) is 40.5 Å². The van der Waals surface area contributed by atoms with Gasteiger partial charge in [-0.25, -0.2) is 0 Å². The average molecular weight is 540 g/mol. The molecular formula is C10H20N8O18-2. The number of hydrogen-bond donors (Lipinski definition) is 0. The fourth-order valence-electron chi connectivity index (χ4n) is 1.93. The fraction of sp³-hybridized carbons (Fsp3) is 1.00. The van der Waals surface area contributed by atoms with E-state index >= 15 is 0 Å². The summed E-state index contributed by atoms with van der Waals surface area (Å²) in [7, 11) is 0. The first kappa shape index (κ1) is 35.7. The van der Waals surface area contributed by atoms with Crippen LogP contribution in [-0.4, -0.2) is 106 Å². The van der Waals surface area contributed by atoms with Crippen LogP contribution >= 0.6 is 0 Å². The van der Waals surface area contributed by atoms with Crippen molar-refractivity contribution in [1.82, 2.24) is 9.80 Å². The summed E-state index contributed by atoms with van der Waals surface area (Å²) in [5.41, 5.74) is 0. The number of rotatable bonds is 19. The average Bonchev–Trinajstić information content (AvgIpc) is 2.69. The third-order valence-corrected chi connectivity index (χ3v) is 3.15. The Hall–Kier alpha value is -4.88. The summed E-state index contributed by atoms with van der Waals surface area (Å²) in [5, 5.41) is 66.4. The highest BCUT2D eigenvalue weighted by molar-refractivity contribution is 4.63. The lowest BCUT2D eigenvalue weighted by atomic mass is 10.4. The molecule has 0 saturated carbocycles. The van der Waals surface area contributed by atoms with E-state index in [-0.39, 0.29) is 65.7 Å². The summed E-state index contributed by atoms with van der Waals surface area (Å²) < 4.78 is 0. The molecule has 0 radical (unpaired) electrons. The molecule has 26 heteroatoms. The molecule has 0 aromatic rings. The minimum absolute atomic E-state index is 0.0483. The van der Waals surface area contributed by atoms with E-state index < -0.39 is 30.5 Å². The molecular weight excluding hydrogens is 520 g/mol. The molecule has 0 heterocycles. The third-order valence-electron chi connectivity index (χ3n) is 3.15. The molecule has 26 nitrogen and oxygen atoms in total. The first-order chi connectivity index (χ1) is 16.7. The summed E-state index contributed by atoms with van der Waals surface area (Å²) in [4.78, 5) is 77.2. The quantitative estimate of drug-likeness (QED) is 0.125. The minimum atomic E-state index is -1.75. The lowest BCUT2D eigenvalue weighted by molar-refractivity contribution is -0.759. The van der Waals surface area contributed by atoms with Gasteiger partial charge in [0.1, 0.15) is 26.4 Å². The molecule has 0 atom stereocenters. The molecule has 0 unspecified atom stereocenters. The molecule has 0 amide bonds. The van der Waals surface area contributed by atoms with Crippen molar-refractivity contribution in [3.63, 3.8) is 0 Å². The molecule has 0 spiro atoms. The van der Waals surface area contributed by atoms with Gasteiger partial charge in [-0.05, 0) is 0 Å². The fourth-order valence-corrected chi connectivity index (χ4v) is 1.93. The van der Waals surface area contributed by atoms with Gasteiger partial charge in [-0.1, -0.05) is 0 Å². The van der Waals surface area contributed by atoms with Gasteiger partial charge in [0.2, 0.25) is 0 Å². The molecule has 0 N–H and O–H groups in total. The first-order valence-corrected chi connectivity index (χ1v) is 8.84. The zero-order valence-electron chi connectivity index (χ0n) is 18.0. The summed E-state index contributed by atoms with van der Waals surface area (Å²) in [6, 6.07) is 0. The van der Waals surface area contributed by atoms with E-state index in [1.54, 1.807) is 9.80 Å². The highest BCUT2D eigenvalue weighted by Gasteiger charge is 2.12. The van der Waals surface area contributed by atoms with Gasteiger partial charge in [-0.3, -0.25) is 9.80 Å². The van der Waals surface area contributed by atoms with E-state index in [1.165, 1.54) is 0 Å². The second-order valence-corrected chi connectivity index (χ2v) is 5.36. The van der Waals surface area contributed by atoms with Crippen molar-refractivity contribution in [1.29, 1.82) is 0 Å². The predicted molar refractivity (Wildman–Crippen MR) is 105 cm³/mol. The standard InChI is InChI=1S/C10H20N6O12.2NO3/c17-13(18)25-7-3-11(4-8-26-14(19)20)1-2-12(5-9-27-15(21)22)6-10-28-16(23)24;2*2-1(3)4/h1-10H2;;/q;2*-1. The van der Waals surface area contributed by atoms with Crippen molar-refractivity contribution in [2.45, 2.75) is 0 Å². The highest BCUT2D eigenvalue weighted by Crippen LogP contribution is 1.96. The molecule has 0 aliphatic heterocycles. The Labute approximate surface area is 197 Å². The zero-order valence-corrected chi connectivity index (χ0v) is 18.0. The maximum absolute atomic E-state index is 10.2. The van der Waals surface area contributed by atoms with Gasteiger partial charge in [0, 0.05) is 39.3 Å². The van der Waals surface area contributed by atoms with Crippen molar-refractivity contribution in [3.8, 4) is 0 Å². The molecule has 210 valence electrons. The van der Waals surface area contributed by atoms with E-state index in [0.29, 0.717) is 0 Å². The van der Waals surface area contributed by atoms with E-state index in [1.807, 2.05) is 0 Å². The maximum atomic E-state index is 10.2. The normalized spacial score (nSPS) is 9.50. The molecule has 36 heavy (non-hydrogen) atoms. The lowest BCUT2D eigenvalue weighted by Gasteiger charge is -2.26. The van der Waals surface area contributed by atoms with Crippen LogP contribution in [0.2, 0.25) is 0 Å². The molecule has 0 aliphatic carbocycles. The second-order valence-electron chi connectivity index (χ2n) is 5.36. The van der Waals surface area contributed by atoms with Gasteiger partial charge < -0.3 is 50.0 Å². The van der Waals surface area contributed by atoms with Gasteiger partial charge in [0.05, 0.1) is 10.2 Å². The van der Waals surface area contributed by atoms with Crippen molar-refractivity contribution in [3.05, 3.63) is 71.1 Å². The first-order valence-electron chi connectivity index (χ1n) is 8.84. The lowest BCUT2D eigenvalue weighted by Crippen LogP contribution is -2.41. The molecule has 0 aromatic heterocycles. The molecule has 0 fully saturated rings. The molecule has 0 aromatic carbocycles. The summed E-state index contributed by atoms with van der Waals surface area (Å²) >= 11 is 0. The molecule has 0 saturated heterocycles. The zero-order chi connectivity index (χ0) is 28.5. The van der Waals surface area contributed by atoms with Crippen molar-refractivity contribution in [2.24, 2.45) is 0 Å². The van der Waals surface area contributed by atoms with E-state index in [0.717, 1.165) is 0 Å². The van der Waals surface area contributed by atoms with E-state index in [2.05, 4.69) is 19.4 Å². The van der Waals surface area contributed by atoms with Crippen molar-refractivity contribution >= 4 is 0 Å². The molecule has 0 aliphatic rings. The van der Waals surface area contributed by atoms with Crippen LogP contribution in [0.5, 0.6) is 0 Å². The Morgan fingerprint density at radius 3 is 0.694 bits per heavy atom. The van der Waals surface area contributed by atoms with Crippen LogP contribution in [0.25, 0.3) is 0 Å². The predicted octanol–water partition coefficient (Wildman–Crippen LogP) is -2.05. The molecule has 0 bridgehead atoms. The van der Waals surface area contributed by atoms with Crippen LogP contribution in [0.15, 0.2) is 0 Å². The van der Waals surface area contributed by atoms with Gasteiger partial charge in [0.25, 0.3) is 20.3 Å². The van der Waals surface area contributed by atoms with Crippen LogP contribution in [0, 0.1) is 71.1 Å². The van der Waals surface area contributed by atoms with Crippen LogP contribution in [-0.2, 0) is 19.4 Å². The minimum Gasteiger partial charge on any atom is -0.356 e. The Balaban J connectivity index is -0.00000118. The Bertz CT molecular complexity index is 576. The Morgan fingerprint density at radius 1 is 0.389 bits per heavy atom. The molecule has 0 rings (SSSR count). The summed E-state index contributed by atoms with van der Waals surface area (Å²) in [5.74, 6) is 0. The number of hydrogen-bond acceptors (Lipinski definition) is 20. The topological polar surface area (TPSA) is 348 Å². The maximum Gasteiger partial charge on any atom is 0.294 e. The van der Waals surface area contributed by atoms with Crippen LogP contribution in [0.3, 0.4) is 0 Å². The smallest absolute Gasteiger partial charge is 0.294 e. The highest BCUT2D eigenvalue weighted by atomic mass is 17.0. The van der Waals surface area contributed by atoms with Crippen molar-refractivity contribution < 1.29 is 49.9 Å². The van der Waals surface area contributed by atoms with Gasteiger partial charge >= 0.3 is 0 Å². The largest absolute Gasteiger partial charge is 0.356 e. The van der Waals surface area contributed by atoms with Crippen LogP contribution < -0.4 is 0 Å².